The Morgan fingerprint density at radius 2 is 2.29 bits per heavy atom. The zero-order valence-corrected chi connectivity index (χ0v) is 8.15. The van der Waals surface area contributed by atoms with Gasteiger partial charge in [-0.1, -0.05) is 0 Å². The quantitative estimate of drug-likeness (QED) is 0.713. The van der Waals surface area contributed by atoms with Gasteiger partial charge in [-0.2, -0.15) is 5.26 Å². The van der Waals surface area contributed by atoms with Crippen LogP contribution in [0, 0.1) is 18.3 Å². The molecule has 1 heterocycles. The van der Waals surface area contributed by atoms with Crippen molar-refractivity contribution in [3.05, 3.63) is 28.6 Å². The SMILES string of the molecule is Cc1c(C#N)cc(CCl)nc1C(F)F. The smallest absolute Gasteiger partial charge is 0.250 e. The number of rotatable bonds is 2. The third kappa shape index (κ3) is 1.99. The van der Waals surface area contributed by atoms with Gasteiger partial charge in [-0.25, -0.2) is 8.78 Å². The van der Waals surface area contributed by atoms with E-state index >= 15 is 0 Å². The van der Waals surface area contributed by atoms with Crippen molar-refractivity contribution < 1.29 is 8.78 Å². The molecule has 14 heavy (non-hydrogen) atoms. The Hall–Kier alpha value is -1.21. The molecule has 0 saturated heterocycles. The summed E-state index contributed by atoms with van der Waals surface area (Å²) >= 11 is 5.47. The van der Waals surface area contributed by atoms with Gasteiger partial charge in [-0.05, 0) is 18.6 Å². The molecule has 0 aliphatic heterocycles. The van der Waals surface area contributed by atoms with Crippen molar-refractivity contribution in [1.29, 1.82) is 5.26 Å². The van der Waals surface area contributed by atoms with E-state index in [-0.39, 0.29) is 22.7 Å². The molecule has 74 valence electrons. The van der Waals surface area contributed by atoms with Crippen LogP contribution in [0.4, 0.5) is 8.78 Å². The van der Waals surface area contributed by atoms with Crippen LogP contribution in [0.3, 0.4) is 0 Å². The van der Waals surface area contributed by atoms with E-state index in [9.17, 15) is 8.78 Å². The number of alkyl halides is 3. The molecule has 0 radical (unpaired) electrons. The van der Waals surface area contributed by atoms with Crippen LogP contribution in [0.2, 0.25) is 0 Å². The Kier molecular flexibility index (Phi) is 3.37. The summed E-state index contributed by atoms with van der Waals surface area (Å²) in [7, 11) is 0. The Labute approximate surface area is 85.1 Å². The first-order chi connectivity index (χ1) is 6.60. The van der Waals surface area contributed by atoms with Gasteiger partial charge in [0, 0.05) is 0 Å². The summed E-state index contributed by atoms with van der Waals surface area (Å²) in [5.74, 6) is 0.0225. The van der Waals surface area contributed by atoms with E-state index in [4.69, 9.17) is 16.9 Å². The summed E-state index contributed by atoms with van der Waals surface area (Å²) in [6, 6.07) is 3.26. The zero-order chi connectivity index (χ0) is 10.7. The van der Waals surface area contributed by atoms with E-state index in [0.717, 1.165) is 0 Å². The van der Waals surface area contributed by atoms with Crippen LogP contribution >= 0.6 is 11.6 Å². The second-order valence-corrected chi connectivity index (χ2v) is 2.98. The number of halogens is 3. The van der Waals surface area contributed by atoms with Gasteiger partial charge in [0.2, 0.25) is 0 Å². The minimum atomic E-state index is -2.68. The maximum Gasteiger partial charge on any atom is 0.280 e. The molecule has 2 nitrogen and oxygen atoms in total. The van der Waals surface area contributed by atoms with Crippen molar-refractivity contribution in [2.75, 3.05) is 0 Å². The molecule has 0 bridgehead atoms. The highest BCUT2D eigenvalue weighted by molar-refractivity contribution is 6.16. The minimum absolute atomic E-state index is 0.0225. The summed E-state index contributed by atoms with van der Waals surface area (Å²) in [5.41, 5.74) is 0.353. The van der Waals surface area contributed by atoms with Gasteiger partial charge in [0.1, 0.15) is 5.69 Å². The monoisotopic (exact) mass is 216 g/mol. The molecule has 0 N–H and O–H groups in total. The number of pyridine rings is 1. The van der Waals surface area contributed by atoms with Gasteiger partial charge in [0.15, 0.2) is 0 Å². The van der Waals surface area contributed by atoms with Crippen molar-refractivity contribution in [2.24, 2.45) is 0 Å². The lowest BCUT2D eigenvalue weighted by Gasteiger charge is -2.07. The lowest BCUT2D eigenvalue weighted by molar-refractivity contribution is 0.145. The third-order valence-electron chi connectivity index (χ3n) is 1.83. The number of hydrogen-bond acceptors (Lipinski definition) is 2. The first-order valence-corrected chi connectivity index (χ1v) is 4.38. The topological polar surface area (TPSA) is 36.7 Å². The number of aromatic nitrogens is 1. The van der Waals surface area contributed by atoms with E-state index in [2.05, 4.69) is 4.98 Å². The normalized spacial score (nSPS) is 10.3. The van der Waals surface area contributed by atoms with Crippen molar-refractivity contribution >= 4 is 11.6 Å². The van der Waals surface area contributed by atoms with Gasteiger partial charge < -0.3 is 0 Å². The number of hydrogen-bond donors (Lipinski definition) is 0. The fourth-order valence-electron chi connectivity index (χ4n) is 1.08. The van der Waals surface area contributed by atoms with Crippen LogP contribution in [-0.2, 0) is 5.88 Å². The molecule has 1 aromatic heterocycles. The van der Waals surface area contributed by atoms with Crippen molar-refractivity contribution in [1.82, 2.24) is 4.98 Å². The first kappa shape index (κ1) is 10.9. The zero-order valence-electron chi connectivity index (χ0n) is 7.39. The molecule has 0 spiro atoms. The van der Waals surface area contributed by atoms with Gasteiger partial charge in [-0.3, -0.25) is 4.98 Å². The van der Waals surface area contributed by atoms with Gasteiger partial charge in [0.25, 0.3) is 6.43 Å². The highest BCUT2D eigenvalue weighted by atomic mass is 35.5. The lowest BCUT2D eigenvalue weighted by Crippen LogP contribution is -2.01. The van der Waals surface area contributed by atoms with E-state index in [0.29, 0.717) is 5.69 Å². The highest BCUT2D eigenvalue weighted by Gasteiger charge is 2.16. The van der Waals surface area contributed by atoms with Crippen LogP contribution in [0.1, 0.15) is 28.9 Å². The molecule has 0 amide bonds. The van der Waals surface area contributed by atoms with Crippen molar-refractivity contribution in [3.63, 3.8) is 0 Å². The van der Waals surface area contributed by atoms with Crippen LogP contribution < -0.4 is 0 Å². The maximum atomic E-state index is 12.4. The summed E-state index contributed by atoms with van der Waals surface area (Å²) in [5, 5.41) is 8.68. The first-order valence-electron chi connectivity index (χ1n) is 3.84. The summed E-state index contributed by atoms with van der Waals surface area (Å²) < 4.78 is 24.9. The standard InChI is InChI=1S/C9H7ClF2N2/c1-5-6(4-13)2-7(3-10)14-8(5)9(11)12/h2,9H,3H2,1H3. The molecule has 0 aromatic carbocycles. The Morgan fingerprint density at radius 3 is 2.71 bits per heavy atom. The largest absolute Gasteiger partial charge is 0.280 e. The van der Waals surface area contributed by atoms with Crippen LogP contribution in [0.5, 0.6) is 0 Å². The molecule has 5 heteroatoms. The average Bonchev–Trinajstić information content (AvgIpc) is 2.17. The molecular formula is C9H7ClF2N2. The Morgan fingerprint density at radius 1 is 1.64 bits per heavy atom. The molecule has 0 saturated carbocycles. The van der Waals surface area contributed by atoms with E-state index in [1.807, 2.05) is 6.07 Å². The fourth-order valence-corrected chi connectivity index (χ4v) is 1.22. The summed E-state index contributed by atoms with van der Waals surface area (Å²) in [6.45, 7) is 1.45. The third-order valence-corrected chi connectivity index (χ3v) is 2.10. The van der Waals surface area contributed by atoms with Gasteiger partial charge in [-0.15, -0.1) is 11.6 Å². The fraction of sp³-hybridized carbons (Fsp3) is 0.333. The Balaban J connectivity index is 3.36. The molecule has 0 aliphatic carbocycles. The van der Waals surface area contributed by atoms with Crippen LogP contribution in [0.25, 0.3) is 0 Å². The molecule has 0 fully saturated rings. The second kappa shape index (κ2) is 4.34. The molecule has 0 unspecified atom stereocenters. The molecule has 0 aliphatic rings. The number of nitriles is 1. The second-order valence-electron chi connectivity index (χ2n) is 2.72. The summed E-state index contributed by atoms with van der Waals surface area (Å²) in [4.78, 5) is 3.67. The Bertz CT molecular complexity index is 385. The van der Waals surface area contributed by atoms with E-state index in [1.165, 1.54) is 13.0 Å². The predicted octanol–water partition coefficient (Wildman–Crippen LogP) is 2.94. The van der Waals surface area contributed by atoms with Crippen molar-refractivity contribution in [2.45, 2.75) is 19.2 Å². The summed E-state index contributed by atoms with van der Waals surface area (Å²) in [6.07, 6.45) is -2.68. The van der Waals surface area contributed by atoms with Crippen molar-refractivity contribution in [3.8, 4) is 6.07 Å². The van der Waals surface area contributed by atoms with E-state index in [1.54, 1.807) is 0 Å². The average molecular weight is 217 g/mol. The van der Waals surface area contributed by atoms with Crippen LogP contribution in [-0.4, -0.2) is 4.98 Å². The number of nitrogens with zero attached hydrogens (tertiary/aromatic N) is 2. The van der Waals surface area contributed by atoms with E-state index < -0.39 is 6.43 Å². The molecule has 1 rings (SSSR count). The molecule has 0 atom stereocenters. The molecule has 1 aromatic rings. The predicted molar refractivity (Wildman–Crippen MR) is 48.2 cm³/mol. The van der Waals surface area contributed by atoms with Gasteiger partial charge >= 0.3 is 0 Å². The van der Waals surface area contributed by atoms with Gasteiger partial charge in [0.05, 0.1) is 23.2 Å². The minimum Gasteiger partial charge on any atom is -0.250 e. The highest BCUT2D eigenvalue weighted by Crippen LogP contribution is 2.23. The molecular weight excluding hydrogens is 210 g/mol. The maximum absolute atomic E-state index is 12.4. The van der Waals surface area contributed by atoms with Crippen LogP contribution in [0.15, 0.2) is 6.07 Å². The lowest BCUT2D eigenvalue weighted by atomic mass is 10.1.